The quantitative estimate of drug-likeness (QED) is 0.297. The Bertz CT molecular complexity index is 1530. The van der Waals surface area contributed by atoms with Gasteiger partial charge in [0, 0.05) is 35.1 Å². The molecule has 7 heteroatoms. The molecule has 4 aromatic rings. The second-order valence-electron chi connectivity index (χ2n) is 9.89. The van der Waals surface area contributed by atoms with E-state index in [0.717, 1.165) is 11.2 Å². The summed E-state index contributed by atoms with van der Waals surface area (Å²) in [6.45, 7) is 4.75. The van der Waals surface area contributed by atoms with Gasteiger partial charge in [-0.3, -0.25) is 14.5 Å². The van der Waals surface area contributed by atoms with Crippen LogP contribution in [0.3, 0.4) is 0 Å². The van der Waals surface area contributed by atoms with Crippen LogP contribution in [0.15, 0.2) is 78.9 Å². The highest BCUT2D eigenvalue weighted by atomic mass is 16.5. The Balaban J connectivity index is 1.35. The molecule has 0 aliphatic carbocycles. The largest absolute Gasteiger partial charge is 0.462 e. The molecule has 2 amide bonds. The van der Waals surface area contributed by atoms with E-state index in [0.29, 0.717) is 17.8 Å². The van der Waals surface area contributed by atoms with Crippen molar-refractivity contribution in [3.05, 3.63) is 101 Å². The van der Waals surface area contributed by atoms with E-state index >= 15 is 0 Å². The molecule has 1 fully saturated rings. The van der Waals surface area contributed by atoms with Crippen molar-refractivity contribution in [1.29, 1.82) is 0 Å². The number of benzene rings is 3. The number of nitrogens with one attached hydrogen (secondary N) is 1. The van der Waals surface area contributed by atoms with Crippen LogP contribution in [0.5, 0.6) is 0 Å². The van der Waals surface area contributed by atoms with Gasteiger partial charge in [-0.1, -0.05) is 48.5 Å². The highest BCUT2D eigenvalue weighted by Gasteiger charge is 2.47. The first kappa shape index (κ1) is 24.1. The van der Waals surface area contributed by atoms with Crippen molar-refractivity contribution in [2.75, 3.05) is 18.1 Å². The Kier molecular flexibility index (Phi) is 6.08. The molecular formula is C31H29N3O4. The number of ether oxygens (including phenoxy) is 1. The molecule has 1 aromatic heterocycles. The first-order valence-corrected chi connectivity index (χ1v) is 13.0. The molecule has 2 aliphatic heterocycles. The average Bonchev–Trinajstić information content (AvgIpc) is 3.47. The van der Waals surface area contributed by atoms with Gasteiger partial charge in [0.25, 0.3) is 5.91 Å². The molecule has 1 N–H and O–H groups in total. The number of aromatic amines is 1. The predicted molar refractivity (Wildman–Crippen MR) is 145 cm³/mol. The van der Waals surface area contributed by atoms with E-state index < -0.39 is 12.0 Å². The minimum atomic E-state index is -0.576. The van der Waals surface area contributed by atoms with Gasteiger partial charge in [0.1, 0.15) is 0 Å². The van der Waals surface area contributed by atoms with Crippen LogP contribution in [0.25, 0.3) is 10.9 Å². The van der Waals surface area contributed by atoms with Crippen molar-refractivity contribution in [2.24, 2.45) is 0 Å². The van der Waals surface area contributed by atoms with Crippen LogP contribution in [0.2, 0.25) is 0 Å². The third-order valence-corrected chi connectivity index (χ3v) is 7.80. The Labute approximate surface area is 221 Å². The lowest BCUT2D eigenvalue weighted by atomic mass is 9.83. The fourth-order valence-electron chi connectivity index (χ4n) is 5.98. The molecule has 3 heterocycles. The Morgan fingerprint density at radius 1 is 0.974 bits per heavy atom. The van der Waals surface area contributed by atoms with Crippen molar-refractivity contribution in [3.63, 3.8) is 0 Å². The zero-order valence-corrected chi connectivity index (χ0v) is 21.4. The van der Waals surface area contributed by atoms with Crippen LogP contribution in [0.1, 0.15) is 59.4 Å². The summed E-state index contributed by atoms with van der Waals surface area (Å²) in [7, 11) is 0. The van der Waals surface area contributed by atoms with Gasteiger partial charge in [0.15, 0.2) is 0 Å². The van der Waals surface area contributed by atoms with Gasteiger partial charge in [-0.2, -0.15) is 0 Å². The van der Waals surface area contributed by atoms with E-state index in [-0.39, 0.29) is 36.8 Å². The Hall–Kier alpha value is -4.23. The summed E-state index contributed by atoms with van der Waals surface area (Å²) in [5.74, 6) is -0.856. The maximum Gasteiger partial charge on any atom is 0.338 e. The molecule has 192 valence electrons. The predicted octanol–water partition coefficient (Wildman–Crippen LogP) is 5.19. The molecule has 3 aromatic carbocycles. The number of imide groups is 1. The fraction of sp³-hybridized carbons (Fsp3) is 0.258. The molecule has 0 saturated carbocycles. The average molecular weight is 508 g/mol. The molecule has 0 spiro atoms. The second-order valence-corrected chi connectivity index (χ2v) is 9.89. The summed E-state index contributed by atoms with van der Waals surface area (Å²) in [6.07, 6.45) is 0.111. The summed E-state index contributed by atoms with van der Waals surface area (Å²) < 4.78 is 5.04. The SMILES string of the molecule is CCOC(=O)c1ccc(N2C(=O)CC(N3CC(c4ccccc4)c4c([nH]c5ccccc45)C3C)C2=O)cc1. The number of amides is 2. The van der Waals surface area contributed by atoms with Crippen molar-refractivity contribution in [1.82, 2.24) is 9.88 Å². The molecular weight excluding hydrogens is 478 g/mol. The topological polar surface area (TPSA) is 82.7 Å². The summed E-state index contributed by atoms with van der Waals surface area (Å²) in [4.78, 5) is 46.0. The minimum Gasteiger partial charge on any atom is -0.462 e. The number of aromatic nitrogens is 1. The second kappa shape index (κ2) is 9.58. The van der Waals surface area contributed by atoms with Crippen molar-refractivity contribution in [3.8, 4) is 0 Å². The van der Waals surface area contributed by atoms with Crippen molar-refractivity contribution < 1.29 is 19.1 Å². The first-order chi connectivity index (χ1) is 18.5. The van der Waals surface area contributed by atoms with E-state index in [2.05, 4.69) is 47.1 Å². The molecule has 7 nitrogen and oxygen atoms in total. The maximum absolute atomic E-state index is 13.8. The number of H-pyrrole nitrogens is 1. The highest BCUT2D eigenvalue weighted by molar-refractivity contribution is 6.22. The number of carbonyl (C=O) groups excluding carboxylic acids is 3. The van der Waals surface area contributed by atoms with Crippen LogP contribution >= 0.6 is 0 Å². The van der Waals surface area contributed by atoms with E-state index in [1.165, 1.54) is 21.4 Å². The lowest BCUT2D eigenvalue weighted by Gasteiger charge is -2.40. The summed E-state index contributed by atoms with van der Waals surface area (Å²) in [5, 5.41) is 1.19. The van der Waals surface area contributed by atoms with Crippen LogP contribution in [-0.4, -0.2) is 46.9 Å². The number of rotatable bonds is 5. The smallest absolute Gasteiger partial charge is 0.338 e. The zero-order valence-electron chi connectivity index (χ0n) is 21.4. The van der Waals surface area contributed by atoms with Gasteiger partial charge in [0.05, 0.1) is 30.3 Å². The lowest BCUT2D eigenvalue weighted by Crippen LogP contribution is -2.47. The lowest BCUT2D eigenvalue weighted by molar-refractivity contribution is -0.123. The number of anilines is 1. The molecule has 38 heavy (non-hydrogen) atoms. The third kappa shape index (κ3) is 3.90. The number of hydrogen-bond acceptors (Lipinski definition) is 5. The number of hydrogen-bond donors (Lipinski definition) is 1. The zero-order chi connectivity index (χ0) is 26.4. The number of para-hydroxylation sites is 1. The first-order valence-electron chi connectivity index (χ1n) is 13.0. The number of esters is 1. The highest BCUT2D eigenvalue weighted by Crippen LogP contribution is 2.45. The number of nitrogens with zero attached hydrogens (tertiary/aromatic N) is 2. The van der Waals surface area contributed by atoms with Gasteiger partial charge in [-0.15, -0.1) is 0 Å². The van der Waals surface area contributed by atoms with Crippen LogP contribution < -0.4 is 4.90 Å². The van der Waals surface area contributed by atoms with Gasteiger partial charge in [0.2, 0.25) is 5.91 Å². The number of carbonyl (C=O) groups is 3. The van der Waals surface area contributed by atoms with Crippen molar-refractivity contribution in [2.45, 2.75) is 38.3 Å². The molecule has 3 unspecified atom stereocenters. The minimum absolute atomic E-state index is 0.0550. The molecule has 6 rings (SSSR count). The van der Waals surface area contributed by atoms with Gasteiger partial charge in [-0.05, 0) is 55.3 Å². The van der Waals surface area contributed by atoms with Gasteiger partial charge >= 0.3 is 5.97 Å². The summed E-state index contributed by atoms with van der Waals surface area (Å²) in [5.41, 5.74) is 5.45. The molecule has 3 atom stereocenters. The fourth-order valence-corrected chi connectivity index (χ4v) is 5.98. The van der Waals surface area contributed by atoms with Crippen LogP contribution in [0.4, 0.5) is 5.69 Å². The molecule has 2 aliphatic rings. The van der Waals surface area contributed by atoms with E-state index in [4.69, 9.17) is 4.74 Å². The molecule has 1 saturated heterocycles. The van der Waals surface area contributed by atoms with Gasteiger partial charge in [-0.25, -0.2) is 9.69 Å². The van der Waals surface area contributed by atoms with E-state index in [9.17, 15) is 14.4 Å². The molecule has 0 radical (unpaired) electrons. The van der Waals surface area contributed by atoms with Crippen LogP contribution in [-0.2, 0) is 14.3 Å². The molecule has 0 bridgehead atoms. The Morgan fingerprint density at radius 2 is 1.68 bits per heavy atom. The normalized spacial score (nSPS) is 21.6. The van der Waals surface area contributed by atoms with E-state index in [1.807, 2.05) is 24.3 Å². The number of fused-ring (bicyclic) bond motifs is 3. The third-order valence-electron chi connectivity index (χ3n) is 7.80. The Morgan fingerprint density at radius 3 is 2.42 bits per heavy atom. The monoisotopic (exact) mass is 507 g/mol. The summed E-state index contributed by atoms with van der Waals surface area (Å²) in [6, 6.07) is 24.4. The van der Waals surface area contributed by atoms with Gasteiger partial charge < -0.3 is 9.72 Å². The maximum atomic E-state index is 13.8. The van der Waals surface area contributed by atoms with Crippen molar-refractivity contribution >= 4 is 34.4 Å². The van der Waals surface area contributed by atoms with Crippen LogP contribution in [0, 0.1) is 0 Å². The van der Waals surface area contributed by atoms with E-state index in [1.54, 1.807) is 31.2 Å². The standard InChI is InChI=1S/C31H29N3O4/c1-3-38-31(37)21-13-15-22(16-14-21)34-27(35)17-26(30(34)36)33-18-24(20-9-5-4-6-10-20)28-23-11-7-8-12-25(23)32-29(28)19(33)2/h4-16,19,24,26,32H,3,17-18H2,1-2H3. The summed E-state index contributed by atoms with van der Waals surface area (Å²) >= 11 is 0.